The van der Waals surface area contributed by atoms with E-state index in [0.29, 0.717) is 22.0 Å². The molecule has 4 nitrogen and oxygen atoms in total. The van der Waals surface area contributed by atoms with E-state index in [-0.39, 0.29) is 30.2 Å². The van der Waals surface area contributed by atoms with Crippen LogP contribution in [0.3, 0.4) is 0 Å². The predicted molar refractivity (Wildman–Crippen MR) is 126 cm³/mol. The highest BCUT2D eigenvalue weighted by Gasteiger charge is 2.30. The summed E-state index contributed by atoms with van der Waals surface area (Å²) < 4.78 is 0. The Kier molecular flexibility index (Phi) is 10.0. The second kappa shape index (κ2) is 12.2. The van der Waals surface area contributed by atoms with Gasteiger partial charge >= 0.3 is 0 Å². The van der Waals surface area contributed by atoms with Gasteiger partial charge in [-0.3, -0.25) is 9.59 Å². The Morgan fingerprint density at radius 1 is 1.00 bits per heavy atom. The number of rotatable bonds is 10. The normalized spacial score (nSPS) is 12.8. The van der Waals surface area contributed by atoms with E-state index in [0.717, 1.165) is 11.3 Å². The fourth-order valence-corrected chi connectivity index (χ4v) is 4.28. The molecular weight excluding hydrogens is 439 g/mol. The molecule has 0 spiro atoms. The minimum absolute atomic E-state index is 0.0334. The van der Waals surface area contributed by atoms with Gasteiger partial charge in [0, 0.05) is 33.1 Å². The van der Waals surface area contributed by atoms with E-state index < -0.39 is 6.04 Å². The van der Waals surface area contributed by atoms with E-state index in [1.165, 1.54) is 11.8 Å². The van der Waals surface area contributed by atoms with Gasteiger partial charge in [0.2, 0.25) is 11.8 Å². The lowest BCUT2D eigenvalue weighted by molar-refractivity contribution is -0.139. The maximum atomic E-state index is 13.2. The van der Waals surface area contributed by atoms with E-state index in [1.807, 2.05) is 51.1 Å². The number of nitrogens with zero attached hydrogens (tertiary/aromatic N) is 1. The largest absolute Gasteiger partial charge is 0.352 e. The molecular formula is C23H28Cl2N2O2S. The van der Waals surface area contributed by atoms with Crippen molar-refractivity contribution >= 4 is 46.8 Å². The first kappa shape index (κ1) is 24.6. The molecule has 7 heteroatoms. The summed E-state index contributed by atoms with van der Waals surface area (Å²) in [5.74, 6) is -0.0711. The molecule has 30 heavy (non-hydrogen) atoms. The number of carbonyl (C=O) groups is 2. The topological polar surface area (TPSA) is 49.4 Å². The van der Waals surface area contributed by atoms with Crippen LogP contribution in [0.1, 0.15) is 39.2 Å². The van der Waals surface area contributed by atoms with Crippen LogP contribution in [0.25, 0.3) is 0 Å². The molecule has 0 saturated heterocycles. The number of hydrogen-bond acceptors (Lipinski definition) is 3. The van der Waals surface area contributed by atoms with Gasteiger partial charge in [-0.1, -0.05) is 61.3 Å². The molecule has 0 saturated carbocycles. The number of thioether (sulfide) groups is 1. The van der Waals surface area contributed by atoms with Gasteiger partial charge < -0.3 is 10.2 Å². The van der Waals surface area contributed by atoms with Gasteiger partial charge in [0.1, 0.15) is 6.04 Å². The zero-order chi connectivity index (χ0) is 22.1. The molecule has 0 aromatic heterocycles. The molecule has 2 rings (SSSR count). The number of halogens is 2. The highest BCUT2D eigenvalue weighted by molar-refractivity contribution is 8.00. The molecule has 162 valence electrons. The zero-order valence-electron chi connectivity index (χ0n) is 17.5. The molecule has 0 unspecified atom stereocenters. The summed E-state index contributed by atoms with van der Waals surface area (Å²) in [6.07, 6.45) is 1.31. The Labute approximate surface area is 193 Å². The molecule has 0 aliphatic heterocycles. The van der Waals surface area contributed by atoms with Crippen molar-refractivity contribution in [3.63, 3.8) is 0 Å². The summed E-state index contributed by atoms with van der Waals surface area (Å²) in [6, 6.07) is 14.4. The van der Waals surface area contributed by atoms with Gasteiger partial charge in [0.15, 0.2) is 0 Å². The minimum atomic E-state index is -0.602. The molecule has 0 aliphatic carbocycles. The van der Waals surface area contributed by atoms with Gasteiger partial charge in [0.25, 0.3) is 0 Å². The second-order valence-electron chi connectivity index (χ2n) is 7.07. The maximum absolute atomic E-state index is 13.2. The summed E-state index contributed by atoms with van der Waals surface area (Å²) in [6.45, 7) is 6.04. The molecule has 0 bridgehead atoms. The highest BCUT2D eigenvalue weighted by atomic mass is 35.5. The molecule has 0 radical (unpaired) electrons. The monoisotopic (exact) mass is 466 g/mol. The smallest absolute Gasteiger partial charge is 0.243 e. The highest BCUT2D eigenvalue weighted by Crippen LogP contribution is 2.28. The van der Waals surface area contributed by atoms with Gasteiger partial charge in [-0.15, -0.1) is 11.8 Å². The third-order valence-electron chi connectivity index (χ3n) is 4.88. The molecule has 1 N–H and O–H groups in total. The molecule has 0 fully saturated rings. The molecule has 0 aliphatic rings. The Balaban J connectivity index is 2.27. The summed E-state index contributed by atoms with van der Waals surface area (Å²) in [4.78, 5) is 28.8. The molecule has 0 heterocycles. The van der Waals surface area contributed by atoms with Crippen molar-refractivity contribution in [2.45, 2.75) is 57.1 Å². The molecule has 2 aromatic rings. The number of carbonyl (C=O) groups excluding carboxylic acids is 2. The number of benzene rings is 2. The van der Waals surface area contributed by atoms with Crippen LogP contribution in [0.4, 0.5) is 0 Å². The summed E-state index contributed by atoms with van der Waals surface area (Å²) in [5, 5.41) is 3.96. The van der Waals surface area contributed by atoms with Crippen molar-refractivity contribution in [2.24, 2.45) is 0 Å². The van der Waals surface area contributed by atoms with Gasteiger partial charge in [0.05, 0.1) is 5.75 Å². The Morgan fingerprint density at radius 2 is 1.63 bits per heavy atom. The van der Waals surface area contributed by atoms with Crippen molar-refractivity contribution < 1.29 is 9.59 Å². The maximum Gasteiger partial charge on any atom is 0.243 e. The van der Waals surface area contributed by atoms with Crippen LogP contribution >= 0.6 is 35.0 Å². The standard InChI is InChI=1S/C23H28Cl2N2O2S/c1-4-16(3)26-23(29)21(5-2)27(14-18-19(24)12-9-13-20(18)25)22(28)15-30-17-10-7-6-8-11-17/h6-13,16,21H,4-5,14-15H2,1-3H3,(H,26,29)/t16-,21-/m1/s1. The van der Waals surface area contributed by atoms with Crippen LogP contribution in [0, 0.1) is 0 Å². The fraction of sp³-hybridized carbons (Fsp3) is 0.391. The van der Waals surface area contributed by atoms with Crippen LogP contribution < -0.4 is 5.32 Å². The first-order valence-corrected chi connectivity index (χ1v) is 11.8. The van der Waals surface area contributed by atoms with E-state index in [2.05, 4.69) is 5.32 Å². The summed E-state index contributed by atoms with van der Waals surface area (Å²) in [7, 11) is 0. The summed E-state index contributed by atoms with van der Waals surface area (Å²) >= 11 is 14.2. The van der Waals surface area contributed by atoms with E-state index in [4.69, 9.17) is 23.2 Å². The number of hydrogen-bond donors (Lipinski definition) is 1. The average Bonchev–Trinajstić information content (AvgIpc) is 2.74. The lowest BCUT2D eigenvalue weighted by Gasteiger charge is -2.32. The molecule has 2 aromatic carbocycles. The Morgan fingerprint density at radius 3 is 2.20 bits per heavy atom. The van der Waals surface area contributed by atoms with Crippen molar-refractivity contribution in [1.29, 1.82) is 0 Å². The first-order chi connectivity index (χ1) is 14.4. The van der Waals surface area contributed by atoms with E-state index in [1.54, 1.807) is 23.1 Å². The third kappa shape index (κ3) is 6.93. The first-order valence-electron chi connectivity index (χ1n) is 10.1. The predicted octanol–water partition coefficient (Wildman–Crippen LogP) is 5.81. The number of nitrogens with one attached hydrogen (secondary N) is 1. The number of amides is 2. The van der Waals surface area contributed by atoms with Gasteiger partial charge in [-0.05, 0) is 44.0 Å². The van der Waals surface area contributed by atoms with Crippen LogP contribution in [0.5, 0.6) is 0 Å². The van der Waals surface area contributed by atoms with Gasteiger partial charge in [-0.2, -0.15) is 0 Å². The van der Waals surface area contributed by atoms with Crippen molar-refractivity contribution in [3.05, 3.63) is 64.1 Å². The Bertz CT molecular complexity index is 828. The van der Waals surface area contributed by atoms with E-state index in [9.17, 15) is 9.59 Å². The Hall–Kier alpha value is -1.69. The van der Waals surface area contributed by atoms with Crippen LogP contribution in [-0.4, -0.2) is 34.6 Å². The average molecular weight is 467 g/mol. The lowest BCUT2D eigenvalue weighted by atomic mass is 10.1. The van der Waals surface area contributed by atoms with Crippen LogP contribution in [-0.2, 0) is 16.1 Å². The SMILES string of the molecule is CC[C@@H](C)NC(=O)[C@@H](CC)N(Cc1c(Cl)cccc1Cl)C(=O)CSc1ccccc1. The minimum Gasteiger partial charge on any atom is -0.352 e. The van der Waals surface area contributed by atoms with Crippen molar-refractivity contribution in [2.75, 3.05) is 5.75 Å². The third-order valence-corrected chi connectivity index (χ3v) is 6.59. The van der Waals surface area contributed by atoms with E-state index >= 15 is 0 Å². The van der Waals surface area contributed by atoms with Crippen molar-refractivity contribution in [1.82, 2.24) is 10.2 Å². The zero-order valence-corrected chi connectivity index (χ0v) is 19.9. The molecule has 2 atom stereocenters. The second-order valence-corrected chi connectivity index (χ2v) is 8.93. The fourth-order valence-electron chi connectivity index (χ4n) is 2.96. The summed E-state index contributed by atoms with van der Waals surface area (Å²) in [5.41, 5.74) is 0.647. The quantitative estimate of drug-likeness (QED) is 0.449. The van der Waals surface area contributed by atoms with Gasteiger partial charge in [-0.25, -0.2) is 0 Å². The molecule has 2 amide bonds. The van der Waals surface area contributed by atoms with Crippen LogP contribution in [0.2, 0.25) is 10.0 Å². The van der Waals surface area contributed by atoms with Crippen LogP contribution in [0.15, 0.2) is 53.4 Å². The lowest BCUT2D eigenvalue weighted by Crippen LogP contribution is -2.51. The van der Waals surface area contributed by atoms with Crippen molar-refractivity contribution in [3.8, 4) is 0 Å².